The van der Waals surface area contributed by atoms with Crippen molar-refractivity contribution in [2.45, 2.75) is 44.7 Å². The lowest BCUT2D eigenvalue weighted by Gasteiger charge is -2.35. The van der Waals surface area contributed by atoms with Crippen LogP contribution in [0.4, 0.5) is 4.39 Å². The van der Waals surface area contributed by atoms with E-state index < -0.39 is 0 Å². The minimum absolute atomic E-state index is 0.123. The van der Waals surface area contributed by atoms with Crippen molar-refractivity contribution in [1.29, 1.82) is 0 Å². The maximum Gasteiger partial charge on any atom is 0.129 e. The van der Waals surface area contributed by atoms with E-state index in [0.717, 1.165) is 19.4 Å². The fourth-order valence-corrected chi connectivity index (χ4v) is 3.30. The Bertz CT molecular complexity index is 404. The Balaban J connectivity index is 2.32. The molecule has 1 heterocycles. The van der Waals surface area contributed by atoms with Crippen LogP contribution in [0.3, 0.4) is 0 Å². The Hall–Kier alpha value is -0.640. The highest BCUT2D eigenvalue weighted by Crippen LogP contribution is 2.33. The third kappa shape index (κ3) is 3.28. The first-order chi connectivity index (χ1) is 9.15. The fraction of sp³-hybridized carbons (Fsp3) is 0.600. The number of halogens is 2. The second kappa shape index (κ2) is 6.69. The average molecular weight is 285 g/mol. The molecule has 2 atom stereocenters. The van der Waals surface area contributed by atoms with Gasteiger partial charge in [0.25, 0.3) is 0 Å². The molecule has 0 aliphatic carbocycles. The summed E-state index contributed by atoms with van der Waals surface area (Å²) in [5.41, 5.74) is 6.48. The highest BCUT2D eigenvalue weighted by molar-refractivity contribution is 6.31. The van der Waals surface area contributed by atoms with E-state index in [1.165, 1.54) is 18.9 Å². The highest BCUT2D eigenvalue weighted by Gasteiger charge is 2.28. The molecule has 4 heteroatoms. The fourth-order valence-electron chi connectivity index (χ4n) is 3.01. The molecule has 0 bridgehead atoms. The molecular formula is C15H22ClFN2. The van der Waals surface area contributed by atoms with E-state index in [1.807, 2.05) is 0 Å². The summed E-state index contributed by atoms with van der Waals surface area (Å²) in [5, 5.41) is 0.479. The SMILES string of the molecule is CC1CCCCCN1C(CN)c1c(F)cccc1Cl. The van der Waals surface area contributed by atoms with Gasteiger partial charge in [-0.05, 0) is 38.4 Å². The number of benzene rings is 1. The molecule has 0 aromatic heterocycles. The van der Waals surface area contributed by atoms with Crippen molar-refractivity contribution < 1.29 is 4.39 Å². The average Bonchev–Trinajstić information content (AvgIpc) is 2.59. The van der Waals surface area contributed by atoms with Gasteiger partial charge in [0.1, 0.15) is 5.82 Å². The van der Waals surface area contributed by atoms with E-state index >= 15 is 0 Å². The number of nitrogens with zero attached hydrogens (tertiary/aromatic N) is 1. The number of likely N-dealkylation sites (tertiary alicyclic amines) is 1. The second-order valence-electron chi connectivity index (χ2n) is 5.32. The zero-order valence-electron chi connectivity index (χ0n) is 11.4. The summed E-state index contributed by atoms with van der Waals surface area (Å²) in [4.78, 5) is 2.32. The first kappa shape index (κ1) is 14.8. The van der Waals surface area contributed by atoms with Gasteiger partial charge in [0, 0.05) is 23.2 Å². The van der Waals surface area contributed by atoms with E-state index in [9.17, 15) is 4.39 Å². The molecule has 0 saturated carbocycles. The van der Waals surface area contributed by atoms with Gasteiger partial charge in [0.05, 0.1) is 6.04 Å². The molecule has 1 aliphatic rings. The molecule has 106 valence electrons. The minimum Gasteiger partial charge on any atom is -0.329 e. The molecule has 0 spiro atoms. The van der Waals surface area contributed by atoms with Crippen LogP contribution in [0.2, 0.25) is 5.02 Å². The molecule has 1 aliphatic heterocycles. The summed E-state index contributed by atoms with van der Waals surface area (Å²) >= 11 is 6.19. The highest BCUT2D eigenvalue weighted by atomic mass is 35.5. The lowest BCUT2D eigenvalue weighted by atomic mass is 10.0. The number of hydrogen-bond acceptors (Lipinski definition) is 2. The molecule has 2 nitrogen and oxygen atoms in total. The molecule has 1 fully saturated rings. The van der Waals surface area contributed by atoms with Crippen LogP contribution in [0.25, 0.3) is 0 Å². The van der Waals surface area contributed by atoms with Gasteiger partial charge < -0.3 is 5.73 Å². The van der Waals surface area contributed by atoms with Crippen molar-refractivity contribution >= 4 is 11.6 Å². The standard InChI is InChI=1S/C15H22ClFN2/c1-11-6-3-2-4-9-19(11)14(10-18)15-12(16)7-5-8-13(15)17/h5,7-8,11,14H,2-4,6,9-10,18H2,1H3. The van der Waals surface area contributed by atoms with Crippen LogP contribution in [0.15, 0.2) is 18.2 Å². The summed E-state index contributed by atoms with van der Waals surface area (Å²) in [5.74, 6) is -0.251. The third-order valence-corrected chi connectivity index (χ3v) is 4.39. The van der Waals surface area contributed by atoms with Crippen LogP contribution >= 0.6 is 11.6 Å². The third-order valence-electron chi connectivity index (χ3n) is 4.06. The maximum absolute atomic E-state index is 14.1. The zero-order chi connectivity index (χ0) is 13.8. The van der Waals surface area contributed by atoms with Crippen LogP contribution in [0, 0.1) is 5.82 Å². The van der Waals surface area contributed by atoms with Crippen molar-refractivity contribution in [2.24, 2.45) is 5.73 Å². The molecule has 1 aromatic rings. The van der Waals surface area contributed by atoms with Crippen LogP contribution in [-0.2, 0) is 0 Å². The lowest BCUT2D eigenvalue weighted by molar-refractivity contribution is 0.148. The summed E-state index contributed by atoms with van der Waals surface area (Å²) in [6.45, 7) is 3.56. The van der Waals surface area contributed by atoms with Gasteiger partial charge in [0.2, 0.25) is 0 Å². The number of nitrogens with two attached hydrogens (primary N) is 1. The zero-order valence-corrected chi connectivity index (χ0v) is 12.2. The first-order valence-electron chi connectivity index (χ1n) is 7.05. The Morgan fingerprint density at radius 3 is 2.89 bits per heavy atom. The Morgan fingerprint density at radius 1 is 1.42 bits per heavy atom. The molecule has 0 amide bonds. The van der Waals surface area contributed by atoms with Crippen LogP contribution < -0.4 is 5.73 Å². The van der Waals surface area contributed by atoms with Gasteiger partial charge in [0.15, 0.2) is 0 Å². The number of rotatable bonds is 3. The van der Waals surface area contributed by atoms with E-state index in [0.29, 0.717) is 23.2 Å². The summed E-state index contributed by atoms with van der Waals surface area (Å²) in [7, 11) is 0. The van der Waals surface area contributed by atoms with Crippen molar-refractivity contribution in [1.82, 2.24) is 4.90 Å². The van der Waals surface area contributed by atoms with Crippen molar-refractivity contribution in [3.05, 3.63) is 34.6 Å². The summed E-state index contributed by atoms with van der Waals surface area (Å²) in [6.07, 6.45) is 4.76. The predicted molar refractivity (Wildman–Crippen MR) is 77.8 cm³/mol. The predicted octanol–water partition coefficient (Wildman–Crippen LogP) is 3.74. The smallest absolute Gasteiger partial charge is 0.129 e. The molecule has 2 N–H and O–H groups in total. The summed E-state index contributed by atoms with van der Waals surface area (Å²) in [6, 6.07) is 5.14. The van der Waals surface area contributed by atoms with Gasteiger partial charge in [-0.15, -0.1) is 0 Å². The van der Waals surface area contributed by atoms with Crippen LogP contribution in [0.1, 0.15) is 44.2 Å². The molecule has 1 aromatic carbocycles. The molecular weight excluding hydrogens is 263 g/mol. The van der Waals surface area contributed by atoms with Gasteiger partial charge in [-0.1, -0.05) is 30.5 Å². The van der Waals surface area contributed by atoms with Crippen molar-refractivity contribution in [3.8, 4) is 0 Å². The lowest BCUT2D eigenvalue weighted by Crippen LogP contribution is -2.40. The molecule has 2 unspecified atom stereocenters. The minimum atomic E-state index is -0.251. The Morgan fingerprint density at radius 2 is 2.21 bits per heavy atom. The molecule has 19 heavy (non-hydrogen) atoms. The quantitative estimate of drug-likeness (QED) is 0.916. The van der Waals surface area contributed by atoms with Gasteiger partial charge in [-0.2, -0.15) is 0 Å². The van der Waals surface area contributed by atoms with Gasteiger partial charge in [-0.3, -0.25) is 4.90 Å². The topological polar surface area (TPSA) is 29.3 Å². The van der Waals surface area contributed by atoms with Crippen molar-refractivity contribution in [3.63, 3.8) is 0 Å². The molecule has 1 saturated heterocycles. The van der Waals surface area contributed by atoms with E-state index in [4.69, 9.17) is 17.3 Å². The van der Waals surface area contributed by atoms with Gasteiger partial charge >= 0.3 is 0 Å². The van der Waals surface area contributed by atoms with Crippen molar-refractivity contribution in [2.75, 3.05) is 13.1 Å². The molecule has 2 rings (SSSR count). The Kier molecular flexibility index (Phi) is 5.20. The van der Waals surface area contributed by atoms with E-state index in [1.54, 1.807) is 12.1 Å². The maximum atomic E-state index is 14.1. The van der Waals surface area contributed by atoms with E-state index in [2.05, 4.69) is 11.8 Å². The Labute approximate surface area is 119 Å². The van der Waals surface area contributed by atoms with Crippen LogP contribution in [0.5, 0.6) is 0 Å². The molecule has 0 radical (unpaired) electrons. The largest absolute Gasteiger partial charge is 0.329 e. The summed E-state index contributed by atoms with van der Waals surface area (Å²) < 4.78 is 14.1. The second-order valence-corrected chi connectivity index (χ2v) is 5.73. The van der Waals surface area contributed by atoms with Crippen LogP contribution in [-0.4, -0.2) is 24.0 Å². The monoisotopic (exact) mass is 284 g/mol. The first-order valence-corrected chi connectivity index (χ1v) is 7.42. The number of hydrogen-bond donors (Lipinski definition) is 1. The van der Waals surface area contributed by atoms with E-state index in [-0.39, 0.29) is 11.9 Å². The normalized spacial score (nSPS) is 23.1. The van der Waals surface area contributed by atoms with Gasteiger partial charge in [-0.25, -0.2) is 4.39 Å².